The van der Waals surface area contributed by atoms with Gasteiger partial charge in [-0.25, -0.2) is 4.39 Å². The van der Waals surface area contributed by atoms with Crippen molar-refractivity contribution in [3.63, 3.8) is 0 Å². The van der Waals surface area contributed by atoms with Gasteiger partial charge in [0.15, 0.2) is 11.5 Å². The van der Waals surface area contributed by atoms with E-state index >= 15 is 0 Å². The van der Waals surface area contributed by atoms with Crippen molar-refractivity contribution in [1.82, 2.24) is 10.3 Å². The van der Waals surface area contributed by atoms with E-state index in [1.165, 1.54) is 17.3 Å². The lowest BCUT2D eigenvalue weighted by Crippen LogP contribution is -2.39. The van der Waals surface area contributed by atoms with E-state index in [-0.39, 0.29) is 30.2 Å². The predicted molar refractivity (Wildman–Crippen MR) is 127 cm³/mol. The fourth-order valence-electron chi connectivity index (χ4n) is 5.27. The number of carbonyl (C=O) groups is 1. The maximum atomic E-state index is 13.7. The van der Waals surface area contributed by atoms with Crippen molar-refractivity contribution < 1.29 is 18.7 Å². The Labute approximate surface area is 197 Å². The number of amides is 1. The van der Waals surface area contributed by atoms with Crippen molar-refractivity contribution in [2.24, 2.45) is 5.92 Å². The van der Waals surface area contributed by atoms with E-state index in [0.29, 0.717) is 37.0 Å². The van der Waals surface area contributed by atoms with Crippen molar-refractivity contribution in [3.05, 3.63) is 53.0 Å². The van der Waals surface area contributed by atoms with Crippen LogP contribution in [0.5, 0.6) is 11.5 Å². The lowest BCUT2D eigenvalue weighted by atomic mass is 9.84. The van der Waals surface area contributed by atoms with E-state index in [1.807, 2.05) is 18.2 Å². The Morgan fingerprint density at radius 1 is 1.18 bits per heavy atom. The molecule has 1 aliphatic carbocycles. The number of carbonyl (C=O) groups excluding carboxylic acids is 1. The summed E-state index contributed by atoms with van der Waals surface area (Å²) in [7, 11) is 0. The number of aromatic amines is 1. The Kier molecular flexibility index (Phi) is 5.93. The molecule has 3 aromatic rings. The monoisotopic (exact) mass is 471 g/mol. The van der Waals surface area contributed by atoms with E-state index in [9.17, 15) is 9.18 Å². The highest BCUT2D eigenvalue weighted by Gasteiger charge is 2.29. The maximum Gasteiger partial charge on any atom is 0.229 e. The Bertz CT molecular complexity index is 1210. The summed E-state index contributed by atoms with van der Waals surface area (Å²) < 4.78 is 25.8. The lowest BCUT2D eigenvalue weighted by Gasteiger charge is -2.28. The second-order valence-electron chi connectivity index (χ2n) is 9.07. The lowest BCUT2D eigenvalue weighted by molar-refractivity contribution is -0.115. The summed E-state index contributed by atoms with van der Waals surface area (Å²) in [6, 6.07) is 8.77. The highest BCUT2D eigenvalue weighted by atomic mass is 35.5. The van der Waals surface area contributed by atoms with Crippen molar-refractivity contribution in [3.8, 4) is 11.5 Å². The molecule has 0 saturated heterocycles. The van der Waals surface area contributed by atoms with Gasteiger partial charge in [0.1, 0.15) is 18.5 Å². The zero-order valence-corrected chi connectivity index (χ0v) is 19.0. The third kappa shape index (κ3) is 4.15. The predicted octanol–water partition coefficient (Wildman–Crippen LogP) is 4.15. The SMILES string of the molecule is Cl.O=C1Cc2c(ccc3c2OC[C@H](CNCCC2CCc4[nH]c5ccc(F)cc5c4C2)O3)N1. The van der Waals surface area contributed by atoms with Gasteiger partial charge in [-0.2, -0.15) is 0 Å². The molecule has 2 atom stereocenters. The molecule has 3 N–H and O–H groups in total. The summed E-state index contributed by atoms with van der Waals surface area (Å²) in [5.74, 6) is 1.82. The number of benzene rings is 2. The first-order valence-corrected chi connectivity index (χ1v) is 11.4. The fourth-order valence-corrected chi connectivity index (χ4v) is 5.27. The quantitative estimate of drug-likeness (QED) is 0.489. The summed E-state index contributed by atoms with van der Waals surface area (Å²) in [4.78, 5) is 15.1. The molecule has 1 amide bonds. The zero-order chi connectivity index (χ0) is 21.7. The van der Waals surface area contributed by atoms with Crippen LogP contribution in [0.1, 0.15) is 29.7 Å². The topological polar surface area (TPSA) is 75.4 Å². The molecule has 6 rings (SSSR count). The number of anilines is 1. The molecule has 8 heteroatoms. The summed E-state index contributed by atoms with van der Waals surface area (Å²) >= 11 is 0. The molecule has 1 unspecified atom stereocenters. The van der Waals surface area contributed by atoms with Gasteiger partial charge in [-0.15, -0.1) is 12.4 Å². The number of aryl methyl sites for hydroxylation is 1. The molecule has 0 spiro atoms. The Morgan fingerprint density at radius 3 is 3.00 bits per heavy atom. The molecule has 174 valence electrons. The summed E-state index contributed by atoms with van der Waals surface area (Å²) in [5, 5.41) is 7.39. The summed E-state index contributed by atoms with van der Waals surface area (Å²) in [6.45, 7) is 2.09. The highest BCUT2D eigenvalue weighted by Crippen LogP contribution is 2.41. The highest BCUT2D eigenvalue weighted by molar-refractivity contribution is 6.00. The standard InChI is InChI=1S/C25H26FN3O3.ClH/c26-15-2-4-21-18(10-15)17-9-14(1-3-20(17)28-21)7-8-27-12-16-13-31-25-19-11-24(30)29-22(19)5-6-23(25)32-16;/h2,4-6,10,14,16,27-28H,1,3,7-9,11-13H2,(H,29,30);1H/t14?,16-;/m0./s1. The first-order valence-electron chi connectivity index (χ1n) is 11.4. The van der Waals surface area contributed by atoms with Crippen LogP contribution in [0.2, 0.25) is 0 Å². The van der Waals surface area contributed by atoms with Crippen LogP contribution in [0, 0.1) is 11.7 Å². The number of fused-ring (bicyclic) bond motifs is 6. The maximum absolute atomic E-state index is 13.7. The first-order chi connectivity index (χ1) is 15.6. The van der Waals surface area contributed by atoms with Crippen LogP contribution in [0.3, 0.4) is 0 Å². The van der Waals surface area contributed by atoms with Gasteiger partial charge in [-0.05, 0) is 74.0 Å². The third-order valence-corrected chi connectivity index (χ3v) is 6.90. The molecule has 2 aliphatic heterocycles. The summed E-state index contributed by atoms with van der Waals surface area (Å²) in [6.07, 6.45) is 4.53. The van der Waals surface area contributed by atoms with Crippen molar-refractivity contribution in [2.75, 3.05) is 25.0 Å². The van der Waals surface area contributed by atoms with Gasteiger partial charge in [-0.1, -0.05) is 0 Å². The van der Waals surface area contributed by atoms with Gasteiger partial charge < -0.3 is 25.1 Å². The van der Waals surface area contributed by atoms with E-state index in [1.54, 1.807) is 6.07 Å². The molecule has 6 nitrogen and oxygen atoms in total. The largest absolute Gasteiger partial charge is 0.485 e. The molecular formula is C25H27ClFN3O3. The molecule has 0 saturated carbocycles. The van der Waals surface area contributed by atoms with Crippen LogP contribution < -0.4 is 20.1 Å². The van der Waals surface area contributed by atoms with E-state index in [4.69, 9.17) is 9.47 Å². The van der Waals surface area contributed by atoms with Crippen LogP contribution in [-0.4, -0.2) is 36.7 Å². The molecule has 0 fully saturated rings. The van der Waals surface area contributed by atoms with Gasteiger partial charge in [0.25, 0.3) is 0 Å². The van der Waals surface area contributed by atoms with Crippen LogP contribution in [0.25, 0.3) is 10.9 Å². The van der Waals surface area contributed by atoms with Crippen LogP contribution >= 0.6 is 12.4 Å². The Hall–Kier alpha value is -2.77. The molecule has 3 heterocycles. The second kappa shape index (κ2) is 8.88. The van der Waals surface area contributed by atoms with Crippen molar-refractivity contribution >= 4 is 34.9 Å². The molecule has 2 aromatic carbocycles. The number of hydrogen-bond acceptors (Lipinski definition) is 4. The van der Waals surface area contributed by atoms with Gasteiger partial charge in [0.2, 0.25) is 5.91 Å². The zero-order valence-electron chi connectivity index (χ0n) is 18.2. The minimum Gasteiger partial charge on any atom is -0.485 e. The number of halogens is 2. The summed E-state index contributed by atoms with van der Waals surface area (Å²) in [5.41, 5.74) is 5.31. The van der Waals surface area contributed by atoms with Crippen LogP contribution in [0.4, 0.5) is 10.1 Å². The molecule has 0 bridgehead atoms. The van der Waals surface area contributed by atoms with Crippen LogP contribution in [-0.2, 0) is 24.1 Å². The van der Waals surface area contributed by atoms with Crippen molar-refractivity contribution in [2.45, 2.75) is 38.2 Å². The second-order valence-corrected chi connectivity index (χ2v) is 9.07. The number of rotatable bonds is 5. The number of hydrogen-bond donors (Lipinski definition) is 3. The average Bonchev–Trinajstić information content (AvgIpc) is 3.35. The van der Waals surface area contributed by atoms with Gasteiger partial charge >= 0.3 is 0 Å². The molecule has 0 radical (unpaired) electrons. The number of aromatic nitrogens is 1. The minimum atomic E-state index is -0.174. The Morgan fingerprint density at radius 2 is 2.09 bits per heavy atom. The number of nitrogens with one attached hydrogen (secondary N) is 3. The molecule has 1 aromatic heterocycles. The van der Waals surface area contributed by atoms with Crippen molar-refractivity contribution in [1.29, 1.82) is 0 Å². The first kappa shape index (κ1) is 22.0. The average molecular weight is 472 g/mol. The van der Waals surface area contributed by atoms with E-state index < -0.39 is 0 Å². The van der Waals surface area contributed by atoms with E-state index in [0.717, 1.165) is 54.4 Å². The minimum absolute atomic E-state index is 0. The van der Waals surface area contributed by atoms with Gasteiger partial charge in [0.05, 0.1) is 6.42 Å². The van der Waals surface area contributed by atoms with Gasteiger partial charge in [-0.3, -0.25) is 4.79 Å². The molecular weight excluding hydrogens is 445 g/mol. The normalized spacial score (nSPS) is 20.7. The third-order valence-electron chi connectivity index (χ3n) is 6.90. The number of H-pyrrole nitrogens is 1. The molecule has 3 aliphatic rings. The smallest absolute Gasteiger partial charge is 0.229 e. The van der Waals surface area contributed by atoms with E-state index in [2.05, 4.69) is 15.6 Å². The fraction of sp³-hybridized carbons (Fsp3) is 0.400. The Balaban J connectivity index is 0.00000228. The van der Waals surface area contributed by atoms with Crippen LogP contribution in [0.15, 0.2) is 30.3 Å². The molecule has 33 heavy (non-hydrogen) atoms. The van der Waals surface area contributed by atoms with Gasteiger partial charge in [0, 0.05) is 34.4 Å². The number of ether oxygens (including phenoxy) is 2.